The highest BCUT2D eigenvalue weighted by atomic mass is 15.3. The van der Waals surface area contributed by atoms with Crippen LogP contribution in [0.15, 0.2) is 4.99 Å². The summed E-state index contributed by atoms with van der Waals surface area (Å²) in [6.45, 7) is 7.14. The molecule has 1 aliphatic heterocycles. The largest absolute Gasteiger partial charge is 0.370 e. The van der Waals surface area contributed by atoms with E-state index in [1.54, 1.807) is 0 Å². The summed E-state index contributed by atoms with van der Waals surface area (Å²) in [4.78, 5) is 6.73. The second-order valence-corrected chi connectivity index (χ2v) is 5.66. The molecule has 0 aromatic carbocycles. The third kappa shape index (κ3) is 3.52. The van der Waals surface area contributed by atoms with Crippen LogP contribution < -0.4 is 5.73 Å². The van der Waals surface area contributed by atoms with Crippen LogP contribution in [0.25, 0.3) is 0 Å². The second kappa shape index (κ2) is 6.77. The zero-order valence-electron chi connectivity index (χ0n) is 13.0. The maximum atomic E-state index is 6.05. The molecule has 1 aliphatic rings. The normalized spacial score (nSPS) is 16.8. The molecule has 0 unspecified atom stereocenters. The first-order valence-corrected chi connectivity index (χ1v) is 7.63. The number of nitrogens with two attached hydrogens (primary N) is 1. The van der Waals surface area contributed by atoms with Gasteiger partial charge in [-0.25, -0.2) is 0 Å². The number of aromatic nitrogens is 2. The minimum atomic E-state index is 0.726. The number of aryl methyl sites for hydroxylation is 2. The topological polar surface area (TPSA) is 59.4 Å². The first-order chi connectivity index (χ1) is 9.59. The Bertz CT molecular complexity index is 469. The summed E-state index contributed by atoms with van der Waals surface area (Å²) in [5.41, 5.74) is 9.81. The molecule has 0 bridgehead atoms. The fraction of sp³-hybridized carbons (Fsp3) is 0.733. The average Bonchev–Trinajstić information content (AvgIpc) is 2.70. The molecule has 2 rings (SSSR count). The lowest BCUT2D eigenvalue weighted by Crippen LogP contribution is -2.40. The fourth-order valence-electron chi connectivity index (χ4n) is 2.85. The summed E-state index contributed by atoms with van der Waals surface area (Å²) in [6.07, 6.45) is 5.86. The summed E-state index contributed by atoms with van der Waals surface area (Å²) >= 11 is 0. The molecule has 1 aromatic heterocycles. The molecule has 20 heavy (non-hydrogen) atoms. The van der Waals surface area contributed by atoms with Crippen molar-refractivity contribution in [3.8, 4) is 0 Å². The summed E-state index contributed by atoms with van der Waals surface area (Å²) < 4.78 is 1.95. The minimum Gasteiger partial charge on any atom is -0.370 e. The Balaban J connectivity index is 1.80. The Labute approximate surface area is 121 Å². The van der Waals surface area contributed by atoms with Crippen LogP contribution in [0.3, 0.4) is 0 Å². The number of aliphatic imine (C=N–C) groups is 1. The number of nitrogens with zero attached hydrogens (tertiary/aromatic N) is 4. The molecule has 5 nitrogen and oxygen atoms in total. The van der Waals surface area contributed by atoms with Gasteiger partial charge in [-0.05, 0) is 51.5 Å². The molecule has 0 aliphatic carbocycles. The van der Waals surface area contributed by atoms with E-state index in [2.05, 4.69) is 28.8 Å². The van der Waals surface area contributed by atoms with E-state index in [4.69, 9.17) is 5.73 Å². The van der Waals surface area contributed by atoms with Crippen LogP contribution in [-0.2, 0) is 13.5 Å². The maximum Gasteiger partial charge on any atom is 0.191 e. The van der Waals surface area contributed by atoms with E-state index in [1.807, 2.05) is 11.7 Å². The standard InChI is InChI=1S/C15H27N5/c1-12-14(13(2)19(3)18-12)8-7-9-17-15(16)20-10-5-4-6-11-20/h4-11H2,1-3H3,(H2,16,17). The zero-order valence-corrected chi connectivity index (χ0v) is 13.0. The first-order valence-electron chi connectivity index (χ1n) is 7.63. The van der Waals surface area contributed by atoms with Crippen LogP contribution >= 0.6 is 0 Å². The van der Waals surface area contributed by atoms with Crippen molar-refractivity contribution < 1.29 is 0 Å². The van der Waals surface area contributed by atoms with Crippen LogP contribution in [0.2, 0.25) is 0 Å². The van der Waals surface area contributed by atoms with Crippen molar-refractivity contribution in [3.63, 3.8) is 0 Å². The summed E-state index contributed by atoms with van der Waals surface area (Å²) in [6, 6.07) is 0. The number of piperidine rings is 1. The van der Waals surface area contributed by atoms with Gasteiger partial charge < -0.3 is 10.6 Å². The number of guanidine groups is 1. The maximum absolute atomic E-state index is 6.05. The van der Waals surface area contributed by atoms with E-state index < -0.39 is 0 Å². The lowest BCUT2D eigenvalue weighted by atomic mass is 10.1. The van der Waals surface area contributed by atoms with E-state index in [1.165, 1.54) is 30.5 Å². The van der Waals surface area contributed by atoms with Crippen LogP contribution in [0.4, 0.5) is 0 Å². The zero-order chi connectivity index (χ0) is 14.5. The highest BCUT2D eigenvalue weighted by molar-refractivity contribution is 5.78. The lowest BCUT2D eigenvalue weighted by Gasteiger charge is -2.27. The highest BCUT2D eigenvalue weighted by Crippen LogP contribution is 2.14. The average molecular weight is 277 g/mol. The van der Waals surface area contributed by atoms with Gasteiger partial charge in [0.15, 0.2) is 5.96 Å². The minimum absolute atomic E-state index is 0.726. The smallest absolute Gasteiger partial charge is 0.191 e. The molecule has 0 saturated carbocycles. The fourth-order valence-corrected chi connectivity index (χ4v) is 2.85. The Morgan fingerprint density at radius 1 is 1.25 bits per heavy atom. The third-order valence-corrected chi connectivity index (χ3v) is 4.20. The Morgan fingerprint density at radius 2 is 1.95 bits per heavy atom. The molecule has 2 N–H and O–H groups in total. The van der Waals surface area contributed by atoms with Crippen molar-refractivity contribution in [1.29, 1.82) is 0 Å². The summed E-state index contributed by atoms with van der Waals surface area (Å²) in [5, 5.41) is 4.45. The number of hydrogen-bond acceptors (Lipinski definition) is 2. The Morgan fingerprint density at radius 3 is 2.55 bits per heavy atom. The molecule has 0 amide bonds. The van der Waals surface area contributed by atoms with Gasteiger partial charge in [-0.3, -0.25) is 9.67 Å². The van der Waals surface area contributed by atoms with Gasteiger partial charge >= 0.3 is 0 Å². The molecule has 1 aromatic rings. The predicted octanol–water partition coefficient (Wildman–Crippen LogP) is 1.77. The van der Waals surface area contributed by atoms with Crippen LogP contribution in [0.1, 0.15) is 42.6 Å². The Hall–Kier alpha value is -1.52. The van der Waals surface area contributed by atoms with Gasteiger partial charge in [0.1, 0.15) is 0 Å². The van der Waals surface area contributed by atoms with Gasteiger partial charge in [0, 0.05) is 32.4 Å². The quantitative estimate of drug-likeness (QED) is 0.518. The van der Waals surface area contributed by atoms with E-state index in [9.17, 15) is 0 Å². The van der Waals surface area contributed by atoms with Crippen molar-refractivity contribution in [2.45, 2.75) is 46.0 Å². The van der Waals surface area contributed by atoms with Gasteiger partial charge in [-0.2, -0.15) is 5.10 Å². The number of rotatable bonds is 4. The lowest BCUT2D eigenvalue weighted by molar-refractivity contribution is 0.338. The molecule has 2 heterocycles. The van der Waals surface area contributed by atoms with Crippen LogP contribution in [-0.4, -0.2) is 40.3 Å². The summed E-state index contributed by atoms with van der Waals surface area (Å²) in [5.74, 6) is 0.726. The van der Waals surface area contributed by atoms with Gasteiger partial charge in [-0.1, -0.05) is 0 Å². The van der Waals surface area contributed by atoms with Crippen LogP contribution in [0.5, 0.6) is 0 Å². The molecule has 0 radical (unpaired) electrons. The van der Waals surface area contributed by atoms with E-state index in [0.717, 1.165) is 44.1 Å². The molecule has 0 spiro atoms. The van der Waals surface area contributed by atoms with E-state index >= 15 is 0 Å². The third-order valence-electron chi connectivity index (χ3n) is 4.20. The van der Waals surface area contributed by atoms with Gasteiger partial charge in [0.25, 0.3) is 0 Å². The number of likely N-dealkylation sites (tertiary alicyclic amines) is 1. The van der Waals surface area contributed by atoms with Crippen LogP contribution in [0, 0.1) is 13.8 Å². The molecule has 0 atom stereocenters. The molecule has 1 saturated heterocycles. The molecule has 5 heteroatoms. The Kier molecular flexibility index (Phi) is 5.04. The van der Waals surface area contributed by atoms with Gasteiger partial charge in [0.05, 0.1) is 5.69 Å². The highest BCUT2D eigenvalue weighted by Gasteiger charge is 2.12. The molecule has 112 valence electrons. The molecular weight excluding hydrogens is 250 g/mol. The van der Waals surface area contributed by atoms with Gasteiger partial charge in [-0.15, -0.1) is 0 Å². The van der Waals surface area contributed by atoms with Crippen molar-refractivity contribution in [1.82, 2.24) is 14.7 Å². The molecule has 1 fully saturated rings. The SMILES string of the molecule is Cc1nn(C)c(C)c1CCCN=C(N)N1CCCCC1. The first kappa shape index (κ1) is 14.9. The monoisotopic (exact) mass is 277 g/mol. The van der Waals surface area contributed by atoms with Crippen molar-refractivity contribution in [3.05, 3.63) is 17.0 Å². The predicted molar refractivity (Wildman–Crippen MR) is 82.9 cm³/mol. The van der Waals surface area contributed by atoms with E-state index in [-0.39, 0.29) is 0 Å². The molecular formula is C15H27N5. The van der Waals surface area contributed by atoms with Crippen molar-refractivity contribution in [2.24, 2.45) is 17.8 Å². The van der Waals surface area contributed by atoms with Crippen molar-refractivity contribution in [2.75, 3.05) is 19.6 Å². The second-order valence-electron chi connectivity index (χ2n) is 5.66. The van der Waals surface area contributed by atoms with Gasteiger partial charge in [0.2, 0.25) is 0 Å². The van der Waals surface area contributed by atoms with E-state index in [0.29, 0.717) is 0 Å². The number of hydrogen-bond donors (Lipinski definition) is 1. The van der Waals surface area contributed by atoms with Crippen molar-refractivity contribution >= 4 is 5.96 Å². The summed E-state index contributed by atoms with van der Waals surface area (Å²) in [7, 11) is 2.00.